The van der Waals surface area contributed by atoms with Gasteiger partial charge in [0, 0.05) is 13.1 Å². The highest BCUT2D eigenvalue weighted by Crippen LogP contribution is 2.19. The van der Waals surface area contributed by atoms with Crippen LogP contribution in [0.1, 0.15) is 10.4 Å². The first kappa shape index (κ1) is 12.6. The molecule has 1 saturated heterocycles. The molecular formula is C11H16N4O3. The molecule has 2 heterocycles. The molecule has 0 radical (unpaired) electrons. The summed E-state index contributed by atoms with van der Waals surface area (Å²) < 4.78 is 5.34. The second-order valence-corrected chi connectivity index (χ2v) is 4.12. The van der Waals surface area contributed by atoms with E-state index in [0.717, 1.165) is 0 Å². The number of morpholine rings is 1. The van der Waals surface area contributed by atoms with Gasteiger partial charge in [-0.2, -0.15) is 0 Å². The predicted molar refractivity (Wildman–Crippen MR) is 66.2 cm³/mol. The predicted octanol–water partition coefficient (Wildman–Crippen LogP) is -1.04. The topological polar surface area (TPSA) is 115 Å². The summed E-state index contributed by atoms with van der Waals surface area (Å²) in [5.41, 5.74) is 11.4. The molecule has 18 heavy (non-hydrogen) atoms. The van der Waals surface area contributed by atoms with Crippen LogP contribution in [-0.4, -0.2) is 48.4 Å². The zero-order chi connectivity index (χ0) is 13.1. The standard InChI is InChI=1S/C11H16N4O3/c12-9-4-14-10(3-8(9)11(13)17)15-1-2-18-7(5-15)6-16/h3-4,7,16H,1-2,5-6,12H2,(H2,13,17). The summed E-state index contributed by atoms with van der Waals surface area (Å²) >= 11 is 0. The second kappa shape index (κ2) is 5.19. The van der Waals surface area contributed by atoms with Crippen molar-refractivity contribution >= 4 is 17.4 Å². The van der Waals surface area contributed by atoms with Crippen LogP contribution in [0.25, 0.3) is 0 Å². The number of rotatable bonds is 3. The van der Waals surface area contributed by atoms with Crippen molar-refractivity contribution < 1.29 is 14.6 Å². The molecule has 1 atom stereocenters. The summed E-state index contributed by atoms with van der Waals surface area (Å²) in [4.78, 5) is 17.3. The van der Waals surface area contributed by atoms with E-state index in [1.54, 1.807) is 6.07 Å². The Balaban J connectivity index is 2.22. The molecule has 98 valence electrons. The van der Waals surface area contributed by atoms with Crippen molar-refractivity contribution in [1.29, 1.82) is 0 Å². The van der Waals surface area contributed by atoms with Crippen LogP contribution in [0, 0.1) is 0 Å². The SMILES string of the molecule is NC(=O)c1cc(N2CCOC(CO)C2)ncc1N. The summed E-state index contributed by atoms with van der Waals surface area (Å²) in [7, 11) is 0. The zero-order valence-electron chi connectivity index (χ0n) is 9.87. The Morgan fingerprint density at radius 3 is 3.11 bits per heavy atom. The molecule has 1 aliphatic rings. The van der Waals surface area contributed by atoms with E-state index in [4.69, 9.17) is 21.3 Å². The van der Waals surface area contributed by atoms with E-state index >= 15 is 0 Å². The number of carbonyl (C=O) groups excluding carboxylic acids is 1. The van der Waals surface area contributed by atoms with Crippen LogP contribution >= 0.6 is 0 Å². The number of primary amides is 1. The van der Waals surface area contributed by atoms with E-state index in [-0.39, 0.29) is 24.0 Å². The fourth-order valence-electron chi connectivity index (χ4n) is 1.88. The number of aliphatic hydroxyl groups excluding tert-OH is 1. The molecule has 1 aromatic rings. The average Bonchev–Trinajstić information content (AvgIpc) is 2.39. The molecule has 2 rings (SSSR count). The lowest BCUT2D eigenvalue weighted by molar-refractivity contribution is 0.00336. The number of ether oxygens (including phenoxy) is 1. The Kier molecular flexibility index (Phi) is 3.63. The largest absolute Gasteiger partial charge is 0.397 e. The van der Waals surface area contributed by atoms with Crippen LogP contribution < -0.4 is 16.4 Å². The van der Waals surface area contributed by atoms with Gasteiger partial charge in [0.15, 0.2) is 0 Å². The summed E-state index contributed by atoms with van der Waals surface area (Å²) in [5.74, 6) is 0.0304. The van der Waals surface area contributed by atoms with E-state index in [0.29, 0.717) is 25.5 Å². The minimum Gasteiger partial charge on any atom is -0.397 e. The molecule has 0 saturated carbocycles. The van der Waals surface area contributed by atoms with Crippen LogP contribution in [-0.2, 0) is 4.74 Å². The number of hydrogen-bond acceptors (Lipinski definition) is 6. The molecule has 1 aliphatic heterocycles. The van der Waals surface area contributed by atoms with Crippen LogP contribution in [0.2, 0.25) is 0 Å². The molecule has 0 aromatic carbocycles. The first-order chi connectivity index (χ1) is 8.61. The van der Waals surface area contributed by atoms with Gasteiger partial charge in [-0.1, -0.05) is 0 Å². The number of anilines is 2. The number of pyridine rings is 1. The highest BCUT2D eigenvalue weighted by molar-refractivity contribution is 5.98. The van der Waals surface area contributed by atoms with E-state index in [9.17, 15) is 4.79 Å². The van der Waals surface area contributed by atoms with Gasteiger partial charge in [-0.25, -0.2) is 4.98 Å². The van der Waals surface area contributed by atoms with Gasteiger partial charge in [-0.15, -0.1) is 0 Å². The molecule has 7 nitrogen and oxygen atoms in total. The molecule has 1 unspecified atom stereocenters. The molecule has 7 heteroatoms. The lowest BCUT2D eigenvalue weighted by Gasteiger charge is -2.33. The number of nitrogen functional groups attached to an aromatic ring is 1. The second-order valence-electron chi connectivity index (χ2n) is 4.12. The molecule has 0 spiro atoms. The molecule has 1 aromatic heterocycles. The average molecular weight is 252 g/mol. The summed E-state index contributed by atoms with van der Waals surface area (Å²) in [5, 5.41) is 9.08. The molecule has 0 aliphatic carbocycles. The lowest BCUT2D eigenvalue weighted by Crippen LogP contribution is -2.44. The number of hydrogen-bond donors (Lipinski definition) is 3. The van der Waals surface area contributed by atoms with Crippen molar-refractivity contribution in [2.45, 2.75) is 6.10 Å². The van der Waals surface area contributed by atoms with Gasteiger partial charge in [0.2, 0.25) is 0 Å². The van der Waals surface area contributed by atoms with Gasteiger partial charge in [-0.3, -0.25) is 4.79 Å². The van der Waals surface area contributed by atoms with Crippen LogP contribution in [0.5, 0.6) is 0 Å². The maximum Gasteiger partial charge on any atom is 0.250 e. The monoisotopic (exact) mass is 252 g/mol. The van der Waals surface area contributed by atoms with Gasteiger partial charge in [0.25, 0.3) is 5.91 Å². The maximum atomic E-state index is 11.2. The van der Waals surface area contributed by atoms with Crippen molar-refractivity contribution in [1.82, 2.24) is 4.98 Å². The third-order valence-corrected chi connectivity index (χ3v) is 2.85. The van der Waals surface area contributed by atoms with Crippen molar-refractivity contribution in [3.63, 3.8) is 0 Å². The third-order valence-electron chi connectivity index (χ3n) is 2.85. The van der Waals surface area contributed by atoms with Crippen molar-refractivity contribution in [2.24, 2.45) is 5.73 Å². The summed E-state index contributed by atoms with van der Waals surface area (Å²) in [6, 6.07) is 1.57. The van der Waals surface area contributed by atoms with Gasteiger partial charge in [0.05, 0.1) is 36.8 Å². The Morgan fingerprint density at radius 1 is 1.67 bits per heavy atom. The zero-order valence-corrected chi connectivity index (χ0v) is 9.87. The number of carbonyl (C=O) groups is 1. The maximum absolute atomic E-state index is 11.2. The molecule has 0 bridgehead atoms. The smallest absolute Gasteiger partial charge is 0.250 e. The Morgan fingerprint density at radius 2 is 2.44 bits per heavy atom. The fourth-order valence-corrected chi connectivity index (χ4v) is 1.88. The summed E-state index contributed by atoms with van der Waals surface area (Å²) in [6.07, 6.45) is 1.17. The lowest BCUT2D eigenvalue weighted by atomic mass is 10.2. The number of amides is 1. The first-order valence-electron chi connectivity index (χ1n) is 5.64. The van der Waals surface area contributed by atoms with Crippen molar-refractivity contribution in [3.8, 4) is 0 Å². The highest BCUT2D eigenvalue weighted by Gasteiger charge is 2.21. The molecular weight excluding hydrogens is 236 g/mol. The number of aromatic nitrogens is 1. The van der Waals surface area contributed by atoms with Gasteiger partial charge >= 0.3 is 0 Å². The molecule has 5 N–H and O–H groups in total. The van der Waals surface area contributed by atoms with E-state index < -0.39 is 5.91 Å². The minimum absolute atomic E-state index is 0.0475. The van der Waals surface area contributed by atoms with Crippen LogP contribution in [0.3, 0.4) is 0 Å². The van der Waals surface area contributed by atoms with Crippen LogP contribution in [0.4, 0.5) is 11.5 Å². The van der Waals surface area contributed by atoms with Crippen LogP contribution in [0.15, 0.2) is 12.3 Å². The highest BCUT2D eigenvalue weighted by atomic mass is 16.5. The Hall–Kier alpha value is -1.86. The van der Waals surface area contributed by atoms with Gasteiger partial charge in [-0.05, 0) is 6.07 Å². The quantitative estimate of drug-likeness (QED) is 0.633. The van der Waals surface area contributed by atoms with E-state index in [1.165, 1.54) is 6.20 Å². The third kappa shape index (κ3) is 2.52. The van der Waals surface area contributed by atoms with Gasteiger partial charge < -0.3 is 26.2 Å². The fraction of sp³-hybridized carbons (Fsp3) is 0.455. The Labute approximate surface area is 104 Å². The first-order valence-corrected chi connectivity index (χ1v) is 5.64. The number of aliphatic hydroxyl groups is 1. The van der Waals surface area contributed by atoms with Gasteiger partial charge in [0.1, 0.15) is 5.82 Å². The molecule has 1 amide bonds. The number of nitrogens with two attached hydrogens (primary N) is 2. The minimum atomic E-state index is -0.580. The normalized spacial score (nSPS) is 19.8. The van der Waals surface area contributed by atoms with Crippen molar-refractivity contribution in [2.75, 3.05) is 36.9 Å². The van der Waals surface area contributed by atoms with E-state index in [1.807, 2.05) is 4.90 Å². The van der Waals surface area contributed by atoms with E-state index in [2.05, 4.69) is 4.98 Å². The summed E-state index contributed by atoms with van der Waals surface area (Å²) in [6.45, 7) is 1.62. The van der Waals surface area contributed by atoms with Crippen molar-refractivity contribution in [3.05, 3.63) is 17.8 Å². The molecule has 1 fully saturated rings. The number of nitrogens with zero attached hydrogens (tertiary/aromatic N) is 2. The Bertz CT molecular complexity index is 452.